The highest BCUT2D eigenvalue weighted by atomic mass is 19.4. The molecule has 0 saturated heterocycles. The molecule has 0 spiro atoms. The number of nitrogens with one attached hydrogen (secondary N) is 1. The lowest BCUT2D eigenvalue weighted by Gasteiger charge is -2.15. The Morgan fingerprint density at radius 1 is 1.18 bits per heavy atom. The molecule has 9 heteroatoms. The maximum atomic E-state index is 12.7. The van der Waals surface area contributed by atoms with Gasteiger partial charge in [0, 0.05) is 36.1 Å². The van der Waals surface area contributed by atoms with Gasteiger partial charge in [-0.25, -0.2) is 9.78 Å². The summed E-state index contributed by atoms with van der Waals surface area (Å²) in [6.45, 7) is 0. The summed E-state index contributed by atoms with van der Waals surface area (Å²) in [6.07, 6.45) is 0.789. The number of rotatable bonds is 6. The van der Waals surface area contributed by atoms with Gasteiger partial charge in [0.15, 0.2) is 0 Å². The summed E-state index contributed by atoms with van der Waals surface area (Å²) in [5, 5.41) is 13.6. The third-order valence-electron chi connectivity index (χ3n) is 5.80. The maximum absolute atomic E-state index is 12.7. The standard InChI is InChI=1S/C25H20F3N3O3/c1-31-8-7-16-9-18(30-23-21(24(32)33)11-17(13-29-23)14-5-6-14)12-20(22(16)31)15-3-2-4-19(10-15)34-25(26,27)28/h2-4,7-14H,5-6H2,1H3,(H,29,30)(H,32,33). The second-order valence-corrected chi connectivity index (χ2v) is 8.33. The zero-order valence-corrected chi connectivity index (χ0v) is 18.1. The molecule has 0 unspecified atom stereocenters. The number of alkyl halides is 3. The van der Waals surface area contributed by atoms with E-state index in [1.807, 2.05) is 29.9 Å². The molecule has 2 N–H and O–H groups in total. The number of carbonyl (C=O) groups is 1. The van der Waals surface area contributed by atoms with Crippen molar-refractivity contribution in [2.75, 3.05) is 5.32 Å². The van der Waals surface area contributed by atoms with Gasteiger partial charge in [-0.05, 0) is 66.3 Å². The van der Waals surface area contributed by atoms with Crippen LogP contribution in [0.15, 0.2) is 60.9 Å². The molecule has 0 amide bonds. The minimum absolute atomic E-state index is 0.0692. The number of ether oxygens (including phenoxy) is 1. The van der Waals surface area contributed by atoms with Crippen molar-refractivity contribution in [2.45, 2.75) is 25.1 Å². The van der Waals surface area contributed by atoms with Crippen molar-refractivity contribution in [3.8, 4) is 16.9 Å². The number of aromatic carboxylic acids is 1. The van der Waals surface area contributed by atoms with Crippen molar-refractivity contribution < 1.29 is 27.8 Å². The van der Waals surface area contributed by atoms with Gasteiger partial charge in [-0.15, -0.1) is 13.2 Å². The van der Waals surface area contributed by atoms with Gasteiger partial charge >= 0.3 is 12.3 Å². The topological polar surface area (TPSA) is 76.4 Å². The first-order valence-corrected chi connectivity index (χ1v) is 10.6. The number of carboxylic acid groups (broad SMARTS) is 1. The second kappa shape index (κ2) is 8.09. The number of hydrogen-bond donors (Lipinski definition) is 2. The first-order valence-electron chi connectivity index (χ1n) is 10.6. The molecule has 0 aliphatic heterocycles. The van der Waals surface area contributed by atoms with Crippen LogP contribution in [0.2, 0.25) is 0 Å². The van der Waals surface area contributed by atoms with Crippen LogP contribution in [0.25, 0.3) is 22.0 Å². The number of fused-ring (bicyclic) bond motifs is 1. The fourth-order valence-electron chi connectivity index (χ4n) is 4.12. The summed E-state index contributed by atoms with van der Waals surface area (Å²) in [5.41, 5.74) is 3.53. The number of halogens is 3. The summed E-state index contributed by atoms with van der Waals surface area (Å²) >= 11 is 0. The predicted octanol–water partition coefficient (Wildman–Crippen LogP) is 6.46. The molecule has 4 aromatic rings. The van der Waals surface area contributed by atoms with Crippen molar-refractivity contribution in [3.63, 3.8) is 0 Å². The molecule has 1 fully saturated rings. The highest BCUT2D eigenvalue weighted by Crippen LogP contribution is 2.41. The Morgan fingerprint density at radius 2 is 1.97 bits per heavy atom. The highest BCUT2D eigenvalue weighted by Gasteiger charge is 2.31. The summed E-state index contributed by atoms with van der Waals surface area (Å²) in [6, 6.07) is 12.9. The molecule has 174 valence electrons. The van der Waals surface area contributed by atoms with Crippen molar-refractivity contribution in [1.29, 1.82) is 0 Å². The molecule has 0 bridgehead atoms. The van der Waals surface area contributed by atoms with Gasteiger partial charge in [-0.1, -0.05) is 12.1 Å². The highest BCUT2D eigenvalue weighted by molar-refractivity contribution is 5.99. The van der Waals surface area contributed by atoms with Crippen molar-refractivity contribution >= 4 is 28.4 Å². The Kier molecular flexibility index (Phi) is 5.19. The first kappa shape index (κ1) is 21.8. The number of nitrogens with zero attached hydrogens (tertiary/aromatic N) is 2. The quantitative estimate of drug-likeness (QED) is 0.340. The van der Waals surface area contributed by atoms with Gasteiger partial charge in [0.25, 0.3) is 0 Å². The molecule has 1 saturated carbocycles. The van der Waals surface area contributed by atoms with E-state index in [9.17, 15) is 23.1 Å². The Hall–Kier alpha value is -4.01. The molecule has 2 heterocycles. The van der Waals surface area contributed by atoms with E-state index in [-0.39, 0.29) is 17.1 Å². The average Bonchev–Trinajstić information content (AvgIpc) is 3.55. The number of aryl methyl sites for hydroxylation is 1. The van der Waals surface area contributed by atoms with Crippen molar-refractivity contribution in [1.82, 2.24) is 9.55 Å². The van der Waals surface area contributed by atoms with Crippen LogP contribution in [0.1, 0.15) is 34.7 Å². The van der Waals surface area contributed by atoms with E-state index in [4.69, 9.17) is 0 Å². The largest absolute Gasteiger partial charge is 0.573 e. The third kappa shape index (κ3) is 4.41. The summed E-state index contributed by atoms with van der Waals surface area (Å²) in [5.74, 6) is -0.850. The maximum Gasteiger partial charge on any atom is 0.573 e. The van der Waals surface area contributed by atoms with Crippen LogP contribution in [0.3, 0.4) is 0 Å². The van der Waals surface area contributed by atoms with E-state index in [2.05, 4.69) is 15.0 Å². The number of benzene rings is 2. The number of pyridine rings is 1. The van der Waals surface area contributed by atoms with Gasteiger partial charge in [-0.2, -0.15) is 0 Å². The van der Waals surface area contributed by atoms with Crippen LogP contribution in [0.4, 0.5) is 24.7 Å². The van der Waals surface area contributed by atoms with Crippen LogP contribution in [0.5, 0.6) is 5.75 Å². The normalized spacial score (nSPS) is 13.8. The molecular weight excluding hydrogens is 447 g/mol. The van der Waals surface area contributed by atoms with Crippen molar-refractivity contribution in [3.05, 3.63) is 72.1 Å². The molecule has 1 aliphatic rings. The van der Waals surface area contributed by atoms with E-state index < -0.39 is 12.3 Å². The van der Waals surface area contributed by atoms with Crippen LogP contribution >= 0.6 is 0 Å². The summed E-state index contributed by atoms with van der Waals surface area (Å²) in [4.78, 5) is 16.2. The Balaban J connectivity index is 1.58. The van der Waals surface area contributed by atoms with E-state index >= 15 is 0 Å². The van der Waals surface area contributed by atoms with Crippen LogP contribution < -0.4 is 10.1 Å². The third-order valence-corrected chi connectivity index (χ3v) is 5.80. The Morgan fingerprint density at radius 3 is 2.68 bits per heavy atom. The number of hydrogen-bond acceptors (Lipinski definition) is 4. The number of carboxylic acids is 1. The molecule has 2 aromatic heterocycles. The van der Waals surface area contributed by atoms with E-state index in [1.54, 1.807) is 24.4 Å². The SMILES string of the molecule is Cn1ccc2cc(Nc3ncc(C4CC4)cc3C(=O)O)cc(-c3cccc(OC(F)(F)F)c3)c21. The van der Waals surface area contributed by atoms with E-state index in [0.29, 0.717) is 22.7 Å². The lowest BCUT2D eigenvalue weighted by atomic mass is 10.0. The van der Waals surface area contributed by atoms with Crippen LogP contribution in [-0.4, -0.2) is 27.0 Å². The molecule has 6 nitrogen and oxygen atoms in total. The predicted molar refractivity (Wildman–Crippen MR) is 121 cm³/mol. The number of aromatic nitrogens is 2. The zero-order chi connectivity index (χ0) is 24.0. The van der Waals surface area contributed by atoms with E-state index in [0.717, 1.165) is 29.3 Å². The lowest BCUT2D eigenvalue weighted by molar-refractivity contribution is -0.274. The molecule has 1 aliphatic carbocycles. The van der Waals surface area contributed by atoms with Gasteiger partial charge in [0.05, 0.1) is 5.52 Å². The zero-order valence-electron chi connectivity index (χ0n) is 18.1. The molecule has 5 rings (SSSR count). The molecular formula is C25H20F3N3O3. The Labute approximate surface area is 192 Å². The van der Waals surface area contributed by atoms with Crippen LogP contribution in [0, 0.1) is 0 Å². The Bertz CT molecular complexity index is 1410. The van der Waals surface area contributed by atoms with Gasteiger partial charge in [0.2, 0.25) is 0 Å². The molecule has 0 radical (unpaired) electrons. The summed E-state index contributed by atoms with van der Waals surface area (Å²) in [7, 11) is 1.84. The molecule has 34 heavy (non-hydrogen) atoms. The average molecular weight is 467 g/mol. The monoisotopic (exact) mass is 467 g/mol. The van der Waals surface area contributed by atoms with Gasteiger partial charge in [-0.3, -0.25) is 0 Å². The fraction of sp³-hybridized carbons (Fsp3) is 0.200. The molecule has 2 aromatic carbocycles. The van der Waals surface area contributed by atoms with Gasteiger partial charge in [0.1, 0.15) is 17.1 Å². The van der Waals surface area contributed by atoms with Crippen molar-refractivity contribution in [2.24, 2.45) is 7.05 Å². The van der Waals surface area contributed by atoms with Crippen LogP contribution in [-0.2, 0) is 7.05 Å². The first-order chi connectivity index (χ1) is 16.2. The number of anilines is 2. The fourth-order valence-corrected chi connectivity index (χ4v) is 4.12. The minimum atomic E-state index is -4.80. The minimum Gasteiger partial charge on any atom is -0.478 e. The lowest BCUT2D eigenvalue weighted by Crippen LogP contribution is -2.17. The summed E-state index contributed by atoms with van der Waals surface area (Å²) < 4.78 is 44.2. The smallest absolute Gasteiger partial charge is 0.478 e. The van der Waals surface area contributed by atoms with Gasteiger partial charge < -0.3 is 19.7 Å². The molecule has 0 atom stereocenters. The second-order valence-electron chi connectivity index (χ2n) is 8.33. The van der Waals surface area contributed by atoms with E-state index in [1.165, 1.54) is 18.2 Å².